The first-order chi connectivity index (χ1) is 11.1. The van der Waals surface area contributed by atoms with Crippen molar-refractivity contribution in [2.24, 2.45) is 7.05 Å². The van der Waals surface area contributed by atoms with E-state index in [0.717, 1.165) is 18.9 Å². The number of amides is 1. The molecule has 1 amide bonds. The van der Waals surface area contributed by atoms with Crippen LogP contribution in [0.4, 0.5) is 0 Å². The molecule has 3 rings (SSSR count). The number of aromatic amines is 1. The minimum absolute atomic E-state index is 0.0681. The largest absolute Gasteiger partial charge is 0.356 e. The molecule has 1 aliphatic rings. The molecule has 2 aromatic rings. The Balaban J connectivity index is 1.81. The SMILES string of the molecule is CCN1CCN(C(=O)c2cc(C#N)c[nH]2)CC1c1nccn1C. The Bertz CT molecular complexity index is 740. The van der Waals surface area contributed by atoms with Crippen molar-refractivity contribution >= 4 is 5.91 Å². The van der Waals surface area contributed by atoms with E-state index in [9.17, 15) is 4.79 Å². The predicted octanol–water partition coefficient (Wildman–Crippen LogP) is 1.14. The molecule has 23 heavy (non-hydrogen) atoms. The van der Waals surface area contributed by atoms with Gasteiger partial charge in [-0.2, -0.15) is 5.26 Å². The molecular formula is C16H20N6O. The molecule has 0 aromatic carbocycles. The van der Waals surface area contributed by atoms with Crippen LogP contribution in [0.2, 0.25) is 0 Å². The molecule has 1 saturated heterocycles. The van der Waals surface area contributed by atoms with Gasteiger partial charge in [-0.15, -0.1) is 0 Å². The molecule has 7 heteroatoms. The highest BCUT2D eigenvalue weighted by Gasteiger charge is 2.32. The number of aryl methyl sites for hydroxylation is 1. The maximum atomic E-state index is 12.7. The van der Waals surface area contributed by atoms with E-state index in [1.165, 1.54) is 0 Å². The number of likely N-dealkylation sites (N-methyl/N-ethyl adjacent to an activating group) is 1. The van der Waals surface area contributed by atoms with Gasteiger partial charge in [0.15, 0.2) is 0 Å². The number of piperazine rings is 1. The fourth-order valence-electron chi connectivity index (χ4n) is 3.08. The third-order valence-corrected chi connectivity index (χ3v) is 4.38. The Morgan fingerprint density at radius 2 is 2.35 bits per heavy atom. The maximum absolute atomic E-state index is 12.7. The van der Waals surface area contributed by atoms with E-state index in [2.05, 4.69) is 21.8 Å². The van der Waals surface area contributed by atoms with Gasteiger partial charge in [0.1, 0.15) is 17.6 Å². The number of hydrogen-bond acceptors (Lipinski definition) is 4. The second-order valence-electron chi connectivity index (χ2n) is 5.71. The van der Waals surface area contributed by atoms with Crippen LogP contribution in [0.15, 0.2) is 24.7 Å². The highest BCUT2D eigenvalue weighted by molar-refractivity contribution is 5.93. The quantitative estimate of drug-likeness (QED) is 0.921. The van der Waals surface area contributed by atoms with E-state index < -0.39 is 0 Å². The summed E-state index contributed by atoms with van der Waals surface area (Å²) in [5.41, 5.74) is 0.936. The third-order valence-electron chi connectivity index (χ3n) is 4.38. The fourth-order valence-corrected chi connectivity index (χ4v) is 3.08. The number of carbonyl (C=O) groups is 1. The first-order valence-corrected chi connectivity index (χ1v) is 7.73. The molecule has 1 atom stereocenters. The van der Waals surface area contributed by atoms with Crippen molar-refractivity contribution in [1.82, 2.24) is 24.3 Å². The van der Waals surface area contributed by atoms with Crippen LogP contribution in [-0.2, 0) is 7.05 Å². The van der Waals surface area contributed by atoms with Gasteiger partial charge in [0.2, 0.25) is 0 Å². The van der Waals surface area contributed by atoms with Crippen molar-refractivity contribution in [2.75, 3.05) is 26.2 Å². The van der Waals surface area contributed by atoms with Crippen molar-refractivity contribution in [3.63, 3.8) is 0 Å². The molecule has 0 radical (unpaired) electrons. The summed E-state index contributed by atoms with van der Waals surface area (Å²) < 4.78 is 2.00. The summed E-state index contributed by atoms with van der Waals surface area (Å²) in [6, 6.07) is 3.72. The summed E-state index contributed by atoms with van der Waals surface area (Å²) in [6.45, 7) is 5.12. The Morgan fingerprint density at radius 3 is 2.96 bits per heavy atom. The van der Waals surface area contributed by atoms with E-state index in [1.54, 1.807) is 18.5 Å². The van der Waals surface area contributed by atoms with Gasteiger partial charge in [0.25, 0.3) is 5.91 Å². The molecule has 0 bridgehead atoms. The van der Waals surface area contributed by atoms with Gasteiger partial charge in [0.05, 0.1) is 11.6 Å². The lowest BCUT2D eigenvalue weighted by molar-refractivity contribution is 0.0468. The smallest absolute Gasteiger partial charge is 0.270 e. The van der Waals surface area contributed by atoms with E-state index in [4.69, 9.17) is 5.26 Å². The van der Waals surface area contributed by atoms with Crippen molar-refractivity contribution in [3.05, 3.63) is 41.7 Å². The number of nitrogens with one attached hydrogen (secondary N) is 1. The van der Waals surface area contributed by atoms with Crippen LogP contribution < -0.4 is 0 Å². The van der Waals surface area contributed by atoms with Gasteiger partial charge in [-0.25, -0.2) is 4.98 Å². The topological polar surface area (TPSA) is 81.0 Å². The summed E-state index contributed by atoms with van der Waals surface area (Å²) in [6.07, 6.45) is 5.27. The van der Waals surface area contributed by atoms with Crippen LogP contribution in [0.5, 0.6) is 0 Å². The molecule has 1 N–H and O–H groups in total. The molecule has 7 nitrogen and oxygen atoms in total. The van der Waals surface area contributed by atoms with Crippen molar-refractivity contribution in [2.45, 2.75) is 13.0 Å². The van der Waals surface area contributed by atoms with E-state index >= 15 is 0 Å². The molecular weight excluding hydrogens is 292 g/mol. The van der Waals surface area contributed by atoms with Crippen molar-refractivity contribution in [3.8, 4) is 6.07 Å². The van der Waals surface area contributed by atoms with E-state index in [1.807, 2.05) is 28.8 Å². The summed E-state index contributed by atoms with van der Waals surface area (Å²) in [4.78, 5) is 24.2. The van der Waals surface area contributed by atoms with Crippen LogP contribution in [0.3, 0.4) is 0 Å². The number of carbonyl (C=O) groups excluding carboxylic acids is 1. The zero-order valence-electron chi connectivity index (χ0n) is 13.4. The normalized spacial score (nSPS) is 18.8. The summed E-state index contributed by atoms with van der Waals surface area (Å²) in [5.74, 6) is 0.898. The number of nitriles is 1. The lowest BCUT2D eigenvalue weighted by atomic mass is 10.1. The Morgan fingerprint density at radius 1 is 1.52 bits per heavy atom. The zero-order chi connectivity index (χ0) is 16.4. The van der Waals surface area contributed by atoms with Crippen LogP contribution in [0.1, 0.15) is 34.8 Å². The lowest BCUT2D eigenvalue weighted by Gasteiger charge is -2.40. The first kappa shape index (κ1) is 15.3. The van der Waals surface area contributed by atoms with Crippen LogP contribution in [0, 0.1) is 11.3 Å². The third kappa shape index (κ3) is 2.85. The van der Waals surface area contributed by atoms with E-state index in [0.29, 0.717) is 24.3 Å². The highest BCUT2D eigenvalue weighted by atomic mass is 16.2. The number of aromatic nitrogens is 3. The highest BCUT2D eigenvalue weighted by Crippen LogP contribution is 2.24. The number of imidazole rings is 1. The fraction of sp³-hybridized carbons (Fsp3) is 0.438. The molecule has 1 fully saturated rings. The molecule has 1 aliphatic heterocycles. The Labute approximate surface area is 135 Å². The van der Waals surface area contributed by atoms with Crippen LogP contribution in [-0.4, -0.2) is 56.4 Å². The van der Waals surface area contributed by atoms with E-state index in [-0.39, 0.29) is 11.9 Å². The van der Waals surface area contributed by atoms with Gasteiger partial charge >= 0.3 is 0 Å². The number of nitrogens with zero attached hydrogens (tertiary/aromatic N) is 5. The summed E-state index contributed by atoms with van der Waals surface area (Å²) in [5, 5.41) is 8.89. The van der Waals surface area contributed by atoms with Gasteiger partial charge in [-0.05, 0) is 12.6 Å². The van der Waals surface area contributed by atoms with Crippen LogP contribution >= 0.6 is 0 Å². The Kier molecular flexibility index (Phi) is 4.17. The molecule has 0 saturated carbocycles. The minimum Gasteiger partial charge on any atom is -0.356 e. The number of H-pyrrole nitrogens is 1. The predicted molar refractivity (Wildman–Crippen MR) is 84.6 cm³/mol. The molecule has 2 aromatic heterocycles. The van der Waals surface area contributed by atoms with Crippen molar-refractivity contribution < 1.29 is 4.79 Å². The molecule has 0 aliphatic carbocycles. The number of hydrogen-bond donors (Lipinski definition) is 1. The summed E-state index contributed by atoms with van der Waals surface area (Å²) in [7, 11) is 1.97. The standard InChI is InChI=1S/C16H20N6O/c1-3-21-6-7-22(11-14(21)15-18-4-5-20(15)2)16(23)13-8-12(9-17)10-19-13/h4-5,8,10,14,19H,3,6-7,11H2,1-2H3. The average molecular weight is 312 g/mol. The summed E-state index contributed by atoms with van der Waals surface area (Å²) >= 11 is 0. The second kappa shape index (κ2) is 6.26. The molecule has 120 valence electrons. The van der Waals surface area contributed by atoms with Gasteiger partial charge < -0.3 is 14.5 Å². The average Bonchev–Trinajstić information content (AvgIpc) is 3.22. The van der Waals surface area contributed by atoms with Crippen molar-refractivity contribution in [1.29, 1.82) is 5.26 Å². The molecule has 1 unspecified atom stereocenters. The minimum atomic E-state index is -0.0681. The first-order valence-electron chi connectivity index (χ1n) is 7.73. The maximum Gasteiger partial charge on any atom is 0.270 e. The lowest BCUT2D eigenvalue weighted by Crippen LogP contribution is -2.51. The molecule has 3 heterocycles. The Hall–Kier alpha value is -2.59. The van der Waals surface area contributed by atoms with Crippen LogP contribution in [0.25, 0.3) is 0 Å². The zero-order valence-corrected chi connectivity index (χ0v) is 13.4. The monoisotopic (exact) mass is 312 g/mol. The number of rotatable bonds is 3. The second-order valence-corrected chi connectivity index (χ2v) is 5.71. The molecule has 0 spiro atoms. The van der Waals surface area contributed by atoms with Gasteiger partial charge in [-0.1, -0.05) is 6.92 Å². The van der Waals surface area contributed by atoms with Gasteiger partial charge in [-0.3, -0.25) is 9.69 Å². The van der Waals surface area contributed by atoms with Gasteiger partial charge in [0, 0.05) is 45.3 Å².